The van der Waals surface area contributed by atoms with E-state index >= 15 is 0 Å². The van der Waals surface area contributed by atoms with Gasteiger partial charge in [0.25, 0.3) is 5.91 Å². The normalized spacial score (nSPS) is 13.3. The zero-order valence-electron chi connectivity index (χ0n) is 20.3. The van der Waals surface area contributed by atoms with Gasteiger partial charge in [-0.15, -0.1) is 0 Å². The predicted molar refractivity (Wildman–Crippen MR) is 126 cm³/mol. The number of ether oxygens (including phenoxy) is 3. The second-order valence-electron chi connectivity index (χ2n) is 7.97. The van der Waals surface area contributed by atoms with E-state index in [9.17, 15) is 9.59 Å². The molecule has 0 radical (unpaired) electrons. The van der Waals surface area contributed by atoms with E-state index in [1.807, 2.05) is 6.92 Å². The van der Waals surface area contributed by atoms with E-state index < -0.39 is 0 Å². The van der Waals surface area contributed by atoms with Gasteiger partial charge >= 0.3 is 0 Å². The lowest BCUT2D eigenvalue weighted by atomic mass is 10.1. The van der Waals surface area contributed by atoms with Crippen LogP contribution in [0.3, 0.4) is 0 Å². The van der Waals surface area contributed by atoms with Crippen molar-refractivity contribution in [2.24, 2.45) is 0 Å². The minimum absolute atomic E-state index is 0.115. The number of carbonyl (C=O) groups is 2. The number of methoxy groups -OCH3 is 1. The number of aromatic nitrogens is 2. The third-order valence-electron chi connectivity index (χ3n) is 4.95. The summed E-state index contributed by atoms with van der Waals surface area (Å²) in [6, 6.07) is 4.93. The Balaban J connectivity index is 0.000000696. The zero-order valence-corrected chi connectivity index (χ0v) is 20.3. The van der Waals surface area contributed by atoms with Crippen molar-refractivity contribution < 1.29 is 23.8 Å². The number of amides is 1. The average molecular weight is 458 g/mol. The van der Waals surface area contributed by atoms with E-state index in [-0.39, 0.29) is 29.4 Å². The van der Waals surface area contributed by atoms with Crippen LogP contribution in [0, 0.1) is 0 Å². The van der Waals surface area contributed by atoms with Crippen LogP contribution in [0.1, 0.15) is 74.2 Å². The summed E-state index contributed by atoms with van der Waals surface area (Å²) >= 11 is 0. The summed E-state index contributed by atoms with van der Waals surface area (Å²) in [4.78, 5) is 34.0. The van der Waals surface area contributed by atoms with Gasteiger partial charge in [-0.1, -0.05) is 33.1 Å². The van der Waals surface area contributed by atoms with Crippen LogP contribution in [0.25, 0.3) is 0 Å². The van der Waals surface area contributed by atoms with Crippen molar-refractivity contribution in [2.75, 3.05) is 26.8 Å². The van der Waals surface area contributed by atoms with Crippen LogP contribution >= 0.6 is 0 Å². The van der Waals surface area contributed by atoms with Gasteiger partial charge in [0.1, 0.15) is 23.3 Å². The Morgan fingerprint density at radius 1 is 1.06 bits per heavy atom. The molecule has 1 amide bonds. The standard InChI is InChI=1S/C20H23N3O5.C5H12/c1-13(12-26-3)27-16-7-15(14(2)24)8-17(9-16)28-19-11-21-18(10-22-19)20(25)23-5-4-6-23;1-3-5-4-2/h7-11,13H,4-6,12H2,1-3H3;3-5H2,1-2H3/t13-;/m0./s1. The van der Waals surface area contributed by atoms with Gasteiger partial charge in [-0.05, 0) is 32.4 Å². The van der Waals surface area contributed by atoms with Gasteiger partial charge in [-0.3, -0.25) is 9.59 Å². The lowest BCUT2D eigenvalue weighted by Crippen LogP contribution is -2.42. The first-order valence-electron chi connectivity index (χ1n) is 11.5. The molecule has 0 aliphatic carbocycles. The van der Waals surface area contributed by atoms with Crippen molar-refractivity contribution in [1.82, 2.24) is 14.9 Å². The van der Waals surface area contributed by atoms with Crippen LogP contribution in [0.15, 0.2) is 30.6 Å². The number of carbonyl (C=O) groups excluding carboxylic acids is 2. The Morgan fingerprint density at radius 2 is 1.76 bits per heavy atom. The lowest BCUT2D eigenvalue weighted by molar-refractivity contribution is 0.0645. The Hall–Kier alpha value is -3.00. The third-order valence-corrected chi connectivity index (χ3v) is 4.95. The molecule has 0 saturated carbocycles. The first-order valence-corrected chi connectivity index (χ1v) is 11.5. The lowest BCUT2D eigenvalue weighted by Gasteiger charge is -2.30. The number of rotatable bonds is 10. The smallest absolute Gasteiger partial charge is 0.274 e. The topological polar surface area (TPSA) is 90.8 Å². The van der Waals surface area contributed by atoms with E-state index in [1.165, 1.54) is 38.6 Å². The molecule has 1 aliphatic rings. The maximum Gasteiger partial charge on any atom is 0.274 e. The van der Waals surface area contributed by atoms with Crippen LogP contribution < -0.4 is 9.47 Å². The Kier molecular flexibility index (Phi) is 10.8. The first-order chi connectivity index (χ1) is 15.9. The van der Waals surface area contributed by atoms with Gasteiger partial charge < -0.3 is 19.1 Å². The Labute approximate surface area is 196 Å². The fourth-order valence-corrected chi connectivity index (χ4v) is 3.04. The highest BCUT2D eigenvalue weighted by Gasteiger charge is 2.23. The van der Waals surface area contributed by atoms with Crippen molar-refractivity contribution in [1.29, 1.82) is 0 Å². The molecular weight excluding hydrogens is 422 g/mol. The average Bonchev–Trinajstić information content (AvgIpc) is 2.74. The summed E-state index contributed by atoms with van der Waals surface area (Å²) in [6.45, 7) is 9.68. The SMILES string of the molecule is CCCCC.COC[C@H](C)Oc1cc(Oc2cnc(C(=O)N3CCC3)cn2)cc(C(C)=O)c1. The second-order valence-corrected chi connectivity index (χ2v) is 7.97. The highest BCUT2D eigenvalue weighted by Crippen LogP contribution is 2.27. The molecule has 1 saturated heterocycles. The van der Waals surface area contributed by atoms with E-state index in [0.717, 1.165) is 19.5 Å². The largest absolute Gasteiger partial charge is 0.488 e. The second kappa shape index (κ2) is 13.5. The summed E-state index contributed by atoms with van der Waals surface area (Å²) in [5, 5.41) is 0. The van der Waals surface area contributed by atoms with Crippen molar-refractivity contribution >= 4 is 11.7 Å². The van der Waals surface area contributed by atoms with Gasteiger partial charge in [0.15, 0.2) is 5.78 Å². The summed E-state index contributed by atoms with van der Waals surface area (Å²) in [6.07, 6.45) is 7.68. The minimum atomic E-state index is -0.188. The first kappa shape index (κ1) is 26.3. The molecule has 2 heterocycles. The fraction of sp³-hybridized carbons (Fsp3) is 0.520. The number of benzene rings is 1. The molecular formula is C25H35N3O5. The highest BCUT2D eigenvalue weighted by molar-refractivity contribution is 5.95. The maximum absolute atomic E-state index is 12.1. The molecule has 2 aromatic rings. The monoisotopic (exact) mass is 457 g/mol. The number of hydrogen-bond acceptors (Lipinski definition) is 7. The molecule has 1 aromatic heterocycles. The number of likely N-dealkylation sites (tertiary alicyclic amines) is 1. The maximum atomic E-state index is 12.1. The van der Waals surface area contributed by atoms with Crippen molar-refractivity contribution in [3.05, 3.63) is 41.9 Å². The predicted octanol–water partition coefficient (Wildman–Crippen LogP) is 4.93. The Bertz CT molecular complexity index is 895. The molecule has 1 atom stereocenters. The van der Waals surface area contributed by atoms with Gasteiger partial charge in [-0.25, -0.2) is 9.97 Å². The summed E-state index contributed by atoms with van der Waals surface area (Å²) in [7, 11) is 1.59. The number of unbranched alkanes of at least 4 members (excludes halogenated alkanes) is 2. The van der Waals surface area contributed by atoms with Crippen LogP contribution in [-0.2, 0) is 4.74 Å². The zero-order chi connectivity index (χ0) is 24.2. The van der Waals surface area contributed by atoms with Crippen LogP contribution in [0.4, 0.5) is 0 Å². The molecule has 8 nitrogen and oxygen atoms in total. The molecule has 33 heavy (non-hydrogen) atoms. The minimum Gasteiger partial charge on any atom is -0.488 e. The third kappa shape index (κ3) is 8.46. The number of ketones is 1. The molecule has 0 N–H and O–H groups in total. The molecule has 1 fully saturated rings. The summed E-state index contributed by atoms with van der Waals surface area (Å²) in [5.74, 6) is 0.855. The van der Waals surface area contributed by atoms with Gasteiger partial charge in [0.05, 0.1) is 19.0 Å². The molecule has 3 rings (SSSR count). The van der Waals surface area contributed by atoms with E-state index in [0.29, 0.717) is 23.7 Å². The molecule has 8 heteroatoms. The van der Waals surface area contributed by atoms with Crippen LogP contribution in [0.2, 0.25) is 0 Å². The molecule has 1 aromatic carbocycles. The quantitative estimate of drug-likeness (QED) is 0.467. The van der Waals surface area contributed by atoms with Gasteiger partial charge in [0.2, 0.25) is 5.88 Å². The molecule has 0 spiro atoms. The van der Waals surface area contributed by atoms with Crippen LogP contribution in [0.5, 0.6) is 17.4 Å². The molecule has 0 bridgehead atoms. The van der Waals surface area contributed by atoms with Crippen molar-refractivity contribution in [3.8, 4) is 17.4 Å². The Morgan fingerprint density at radius 3 is 2.24 bits per heavy atom. The molecule has 1 aliphatic heterocycles. The number of hydrogen-bond donors (Lipinski definition) is 0. The van der Waals surface area contributed by atoms with Gasteiger partial charge in [0, 0.05) is 31.8 Å². The number of Topliss-reactive ketones (excluding diaryl/α,β-unsaturated/α-hetero) is 1. The van der Waals surface area contributed by atoms with Crippen molar-refractivity contribution in [3.63, 3.8) is 0 Å². The number of nitrogens with zero attached hydrogens (tertiary/aromatic N) is 3. The van der Waals surface area contributed by atoms with E-state index in [1.54, 1.807) is 30.2 Å². The fourth-order valence-electron chi connectivity index (χ4n) is 3.04. The molecule has 180 valence electrons. The van der Waals surface area contributed by atoms with Crippen LogP contribution in [-0.4, -0.2) is 59.5 Å². The summed E-state index contributed by atoms with van der Waals surface area (Å²) < 4.78 is 16.6. The van der Waals surface area contributed by atoms with Crippen molar-refractivity contribution in [2.45, 2.75) is 59.5 Å². The summed E-state index contributed by atoms with van der Waals surface area (Å²) in [5.41, 5.74) is 0.733. The van der Waals surface area contributed by atoms with E-state index in [4.69, 9.17) is 14.2 Å². The van der Waals surface area contributed by atoms with E-state index in [2.05, 4.69) is 23.8 Å². The highest BCUT2D eigenvalue weighted by atomic mass is 16.5. The van der Waals surface area contributed by atoms with Gasteiger partial charge in [-0.2, -0.15) is 0 Å². The molecule has 0 unspecified atom stereocenters.